The first-order chi connectivity index (χ1) is 15.4. The molecule has 164 valence electrons. The molecule has 3 heterocycles. The molecule has 0 unspecified atom stereocenters. The summed E-state index contributed by atoms with van der Waals surface area (Å²) in [5.74, 6) is 1.36. The Hall–Kier alpha value is -2.21. The van der Waals surface area contributed by atoms with Gasteiger partial charge in [0.1, 0.15) is 10.3 Å². The lowest BCUT2D eigenvalue weighted by Crippen LogP contribution is -2.19. The Bertz CT molecular complexity index is 1310. The number of carbonyl (C=O) groups excluding carboxylic acids is 1. The molecule has 0 aliphatic rings. The van der Waals surface area contributed by atoms with Gasteiger partial charge in [0.15, 0.2) is 5.82 Å². The van der Waals surface area contributed by atoms with E-state index in [2.05, 4.69) is 57.5 Å². The van der Waals surface area contributed by atoms with E-state index in [1.54, 1.807) is 36.2 Å². The molecule has 0 bridgehead atoms. The van der Waals surface area contributed by atoms with E-state index in [-0.39, 0.29) is 5.69 Å². The third kappa shape index (κ3) is 4.75. The van der Waals surface area contributed by atoms with Crippen LogP contribution in [0, 0.1) is 6.92 Å². The maximum atomic E-state index is 13.3. The molecule has 0 fully saturated rings. The van der Waals surface area contributed by atoms with E-state index in [0.29, 0.717) is 44.2 Å². The summed E-state index contributed by atoms with van der Waals surface area (Å²) in [5, 5.41) is 15.9. The summed E-state index contributed by atoms with van der Waals surface area (Å²) >= 11 is 14.7. The second-order valence-corrected chi connectivity index (χ2v) is 9.61. The van der Waals surface area contributed by atoms with Crippen LogP contribution in [0.25, 0.3) is 17.3 Å². The SMILES string of the molecule is CSCc1nnc(-c2cc(Br)cc(C)c2NC(=O)c2cc(Br)nn2-c2ncccc2Cl)o1. The molecule has 0 radical (unpaired) electrons. The second-order valence-electron chi connectivity index (χ2n) is 6.61. The van der Waals surface area contributed by atoms with Gasteiger partial charge >= 0.3 is 0 Å². The highest BCUT2D eigenvalue weighted by atomic mass is 79.9. The Morgan fingerprint density at radius 2 is 2.09 bits per heavy atom. The molecule has 4 aromatic rings. The standard InChI is InChI=1S/C20H15Br2ClN6O2S/c1-10-6-11(21)7-12(20-27-26-16(31-20)9-32-2)17(10)25-19(30)14-8-15(22)28-29(14)18-13(23)4-3-5-24-18/h3-8H,9H2,1-2H3,(H,25,30). The molecule has 0 saturated carbocycles. The van der Waals surface area contributed by atoms with E-state index < -0.39 is 5.91 Å². The van der Waals surface area contributed by atoms with Crippen LogP contribution in [0.1, 0.15) is 21.9 Å². The maximum Gasteiger partial charge on any atom is 0.274 e. The highest BCUT2D eigenvalue weighted by Crippen LogP contribution is 2.34. The molecule has 0 atom stereocenters. The van der Waals surface area contributed by atoms with Crippen molar-refractivity contribution in [1.29, 1.82) is 0 Å². The van der Waals surface area contributed by atoms with E-state index in [0.717, 1.165) is 10.0 Å². The number of aryl methyl sites for hydroxylation is 1. The highest BCUT2D eigenvalue weighted by Gasteiger charge is 2.22. The summed E-state index contributed by atoms with van der Waals surface area (Å²) in [5.41, 5.74) is 2.22. The number of thioether (sulfide) groups is 1. The third-order valence-corrected chi connectivity index (χ3v) is 6.03. The highest BCUT2D eigenvalue weighted by molar-refractivity contribution is 9.10. The average molecular weight is 599 g/mol. The number of halogens is 3. The van der Waals surface area contributed by atoms with Crippen LogP contribution >= 0.6 is 55.2 Å². The first-order valence-electron chi connectivity index (χ1n) is 9.17. The van der Waals surface area contributed by atoms with Gasteiger partial charge in [0.25, 0.3) is 5.91 Å². The maximum absolute atomic E-state index is 13.3. The van der Waals surface area contributed by atoms with Crippen LogP contribution < -0.4 is 5.32 Å². The van der Waals surface area contributed by atoms with E-state index in [9.17, 15) is 4.79 Å². The lowest BCUT2D eigenvalue weighted by molar-refractivity contribution is 0.101. The number of pyridine rings is 1. The molecule has 0 saturated heterocycles. The molecule has 0 aliphatic heterocycles. The van der Waals surface area contributed by atoms with E-state index in [1.165, 1.54) is 4.68 Å². The molecular formula is C20H15Br2ClN6O2S. The predicted octanol–water partition coefficient (Wildman–Crippen LogP) is 5.92. The van der Waals surface area contributed by atoms with Crippen molar-refractivity contribution in [3.63, 3.8) is 0 Å². The summed E-state index contributed by atoms with van der Waals surface area (Å²) < 4.78 is 8.47. The van der Waals surface area contributed by atoms with E-state index in [1.807, 2.05) is 25.3 Å². The number of anilines is 1. The van der Waals surface area contributed by atoms with Crippen molar-refractivity contribution in [1.82, 2.24) is 25.0 Å². The fraction of sp³-hybridized carbons (Fsp3) is 0.150. The molecule has 1 amide bonds. The van der Waals surface area contributed by atoms with Gasteiger partial charge in [0.05, 0.1) is 22.0 Å². The molecule has 1 aromatic carbocycles. The zero-order valence-corrected chi connectivity index (χ0v) is 21.5. The van der Waals surface area contributed by atoms with Gasteiger partial charge in [-0.15, -0.1) is 10.2 Å². The lowest BCUT2D eigenvalue weighted by Gasteiger charge is -2.14. The van der Waals surface area contributed by atoms with Crippen LogP contribution in [0.15, 0.2) is 50.0 Å². The minimum absolute atomic E-state index is 0.249. The summed E-state index contributed by atoms with van der Waals surface area (Å²) in [7, 11) is 0. The smallest absolute Gasteiger partial charge is 0.274 e. The van der Waals surface area contributed by atoms with Crippen molar-refractivity contribution in [3.05, 3.63) is 67.8 Å². The van der Waals surface area contributed by atoms with Crippen molar-refractivity contribution >= 4 is 66.8 Å². The van der Waals surface area contributed by atoms with Gasteiger partial charge in [-0.3, -0.25) is 4.79 Å². The number of nitrogens with zero attached hydrogens (tertiary/aromatic N) is 5. The molecule has 0 spiro atoms. The normalized spacial score (nSPS) is 11.0. The molecule has 8 nitrogen and oxygen atoms in total. The quantitative estimate of drug-likeness (QED) is 0.294. The number of hydrogen-bond acceptors (Lipinski definition) is 7. The van der Waals surface area contributed by atoms with Gasteiger partial charge in [-0.1, -0.05) is 27.5 Å². The van der Waals surface area contributed by atoms with E-state index in [4.69, 9.17) is 16.0 Å². The van der Waals surface area contributed by atoms with Gasteiger partial charge in [-0.05, 0) is 58.9 Å². The number of carbonyl (C=O) groups is 1. The molecular weight excluding hydrogens is 584 g/mol. The fourth-order valence-corrected chi connectivity index (χ4v) is 4.52. The third-order valence-electron chi connectivity index (χ3n) is 4.36. The second kappa shape index (κ2) is 9.74. The number of benzene rings is 1. The molecule has 0 aliphatic carbocycles. The van der Waals surface area contributed by atoms with Crippen molar-refractivity contribution in [2.24, 2.45) is 0 Å². The fourth-order valence-electron chi connectivity index (χ4n) is 3.01. The van der Waals surface area contributed by atoms with Gasteiger partial charge < -0.3 is 9.73 Å². The number of hydrogen-bond donors (Lipinski definition) is 1. The van der Waals surface area contributed by atoms with Crippen molar-refractivity contribution in [2.45, 2.75) is 12.7 Å². The summed E-state index contributed by atoms with van der Waals surface area (Å²) in [4.78, 5) is 17.6. The van der Waals surface area contributed by atoms with Crippen LogP contribution in [0.5, 0.6) is 0 Å². The van der Waals surface area contributed by atoms with Crippen LogP contribution in [0.2, 0.25) is 5.02 Å². The van der Waals surface area contributed by atoms with Crippen LogP contribution in [0.3, 0.4) is 0 Å². The van der Waals surface area contributed by atoms with Gasteiger partial charge in [0.2, 0.25) is 11.8 Å². The predicted molar refractivity (Wildman–Crippen MR) is 131 cm³/mol. The number of aromatic nitrogens is 5. The van der Waals surface area contributed by atoms with Crippen molar-refractivity contribution in [2.75, 3.05) is 11.6 Å². The van der Waals surface area contributed by atoms with Gasteiger partial charge in [0, 0.05) is 16.7 Å². The van der Waals surface area contributed by atoms with Crippen molar-refractivity contribution in [3.8, 4) is 17.3 Å². The van der Waals surface area contributed by atoms with Crippen molar-refractivity contribution < 1.29 is 9.21 Å². The molecule has 3 aromatic heterocycles. The van der Waals surface area contributed by atoms with Crippen LogP contribution in [0.4, 0.5) is 5.69 Å². The zero-order chi connectivity index (χ0) is 22.8. The molecule has 1 N–H and O–H groups in total. The Balaban J connectivity index is 1.74. The zero-order valence-electron chi connectivity index (χ0n) is 16.8. The van der Waals surface area contributed by atoms with Crippen LogP contribution in [-0.4, -0.2) is 37.1 Å². The topological polar surface area (TPSA) is 98.7 Å². The summed E-state index contributed by atoms with van der Waals surface area (Å²) in [6, 6.07) is 8.69. The summed E-state index contributed by atoms with van der Waals surface area (Å²) in [6.07, 6.45) is 3.53. The van der Waals surface area contributed by atoms with Gasteiger partial charge in [-0.25, -0.2) is 9.67 Å². The monoisotopic (exact) mass is 596 g/mol. The van der Waals surface area contributed by atoms with Gasteiger partial charge in [-0.2, -0.15) is 16.9 Å². The van der Waals surface area contributed by atoms with Crippen LogP contribution in [-0.2, 0) is 5.75 Å². The van der Waals surface area contributed by atoms with E-state index >= 15 is 0 Å². The minimum Gasteiger partial charge on any atom is -0.420 e. The Morgan fingerprint density at radius 1 is 1.28 bits per heavy atom. The molecule has 12 heteroatoms. The minimum atomic E-state index is -0.402. The Labute approximate surface area is 209 Å². The first-order valence-corrected chi connectivity index (χ1v) is 12.5. The lowest BCUT2D eigenvalue weighted by atomic mass is 10.1. The molecule has 4 rings (SSSR count). The number of amides is 1. The number of nitrogens with one attached hydrogen (secondary N) is 1. The summed E-state index contributed by atoms with van der Waals surface area (Å²) in [6.45, 7) is 1.88. The Morgan fingerprint density at radius 3 is 2.84 bits per heavy atom. The average Bonchev–Trinajstić information content (AvgIpc) is 3.37. The Kier molecular flexibility index (Phi) is 6.99. The molecule has 32 heavy (non-hydrogen) atoms. The number of rotatable bonds is 6. The first kappa shape index (κ1) is 23.0. The largest absolute Gasteiger partial charge is 0.420 e.